The highest BCUT2D eigenvalue weighted by atomic mass is 16.3. The maximum Gasteiger partial charge on any atom is 0.152 e. The van der Waals surface area contributed by atoms with Crippen LogP contribution in [0.3, 0.4) is 0 Å². The summed E-state index contributed by atoms with van der Waals surface area (Å²) in [6.07, 6.45) is 1.72. The fourth-order valence-electron chi connectivity index (χ4n) is 2.95. The smallest absolute Gasteiger partial charge is 0.152 e. The third kappa shape index (κ3) is 3.97. The molecule has 0 unspecified atom stereocenters. The molecule has 0 amide bonds. The van der Waals surface area contributed by atoms with Gasteiger partial charge in [0.25, 0.3) is 0 Å². The maximum atomic E-state index is 5.97. The molecule has 0 aliphatic heterocycles. The predicted molar refractivity (Wildman–Crippen MR) is 107 cm³/mol. The Kier molecular flexibility index (Phi) is 5.12. The van der Waals surface area contributed by atoms with Gasteiger partial charge in [-0.1, -0.05) is 23.8 Å². The second-order valence-corrected chi connectivity index (χ2v) is 6.49. The number of rotatable bonds is 4. The van der Waals surface area contributed by atoms with Gasteiger partial charge in [-0.3, -0.25) is 0 Å². The van der Waals surface area contributed by atoms with Crippen LogP contribution < -0.4 is 0 Å². The van der Waals surface area contributed by atoms with Crippen LogP contribution in [-0.2, 0) is 0 Å². The summed E-state index contributed by atoms with van der Waals surface area (Å²) in [4.78, 5) is 13.5. The van der Waals surface area contributed by atoms with E-state index in [0.717, 1.165) is 28.6 Å². The first-order chi connectivity index (χ1) is 12.4. The Bertz CT molecular complexity index is 959. The molecule has 0 aliphatic rings. The zero-order chi connectivity index (χ0) is 18.7. The summed E-state index contributed by atoms with van der Waals surface area (Å²) in [5.74, 6) is 2.13. The molecule has 0 saturated carbocycles. The average Bonchev–Trinajstić information content (AvgIpc) is 3.09. The number of furan rings is 1. The molecular formula is C22H23N3O. The molecule has 0 radical (unpaired) electrons. The molecule has 0 bridgehead atoms. The van der Waals surface area contributed by atoms with E-state index in [4.69, 9.17) is 9.41 Å². The molecule has 0 atom stereocenters. The van der Waals surface area contributed by atoms with Crippen molar-refractivity contribution in [3.8, 4) is 0 Å². The van der Waals surface area contributed by atoms with Gasteiger partial charge in [-0.25, -0.2) is 15.0 Å². The van der Waals surface area contributed by atoms with Gasteiger partial charge in [0, 0.05) is 6.20 Å². The summed E-state index contributed by atoms with van der Waals surface area (Å²) < 4.78 is 5.97. The Hall–Kier alpha value is -3.01. The van der Waals surface area contributed by atoms with Crippen LogP contribution in [0.25, 0.3) is 0 Å². The number of nitrogens with zero attached hydrogens (tertiary/aromatic N) is 3. The van der Waals surface area contributed by atoms with Crippen molar-refractivity contribution in [1.82, 2.24) is 4.98 Å². The topological polar surface area (TPSA) is 50.8 Å². The number of hydrogen-bond acceptors (Lipinski definition) is 4. The molecule has 3 aromatic rings. The Labute approximate surface area is 154 Å². The van der Waals surface area contributed by atoms with Crippen molar-refractivity contribution in [3.63, 3.8) is 0 Å². The van der Waals surface area contributed by atoms with Crippen LogP contribution in [0.4, 0.5) is 11.5 Å². The molecule has 2 aromatic heterocycles. The normalized spacial score (nSPS) is 12.5. The molecule has 132 valence electrons. The van der Waals surface area contributed by atoms with Crippen LogP contribution in [-0.4, -0.2) is 16.4 Å². The van der Waals surface area contributed by atoms with Crippen LogP contribution >= 0.6 is 0 Å². The lowest BCUT2D eigenvalue weighted by molar-refractivity contribution is 0.547. The molecule has 4 nitrogen and oxygen atoms in total. The summed E-state index contributed by atoms with van der Waals surface area (Å²) in [6, 6.07) is 13.8. The second-order valence-electron chi connectivity index (χ2n) is 6.49. The SMILES string of the molecule is CC(=Nc1c(C)cc(C)cc1C)c1ccc(/C(C)=N/c2ccccn2)o1. The van der Waals surface area contributed by atoms with E-state index in [2.05, 4.69) is 42.9 Å². The van der Waals surface area contributed by atoms with Gasteiger partial charge in [-0.2, -0.15) is 0 Å². The lowest BCUT2D eigenvalue weighted by atomic mass is 10.1. The number of pyridine rings is 1. The van der Waals surface area contributed by atoms with Gasteiger partial charge in [0.2, 0.25) is 0 Å². The fourth-order valence-corrected chi connectivity index (χ4v) is 2.95. The summed E-state index contributed by atoms with van der Waals surface area (Å²) in [5, 5.41) is 0. The van der Waals surface area contributed by atoms with Crippen LogP contribution in [0.2, 0.25) is 0 Å². The minimum Gasteiger partial charge on any atom is -0.454 e. The summed E-state index contributed by atoms with van der Waals surface area (Å²) in [7, 11) is 0. The summed E-state index contributed by atoms with van der Waals surface area (Å²) >= 11 is 0. The molecule has 0 N–H and O–H groups in total. The van der Waals surface area contributed by atoms with Gasteiger partial charge in [-0.15, -0.1) is 0 Å². The van der Waals surface area contributed by atoms with E-state index >= 15 is 0 Å². The lowest BCUT2D eigenvalue weighted by Crippen LogP contribution is -1.95. The Morgan fingerprint density at radius 1 is 0.846 bits per heavy atom. The summed E-state index contributed by atoms with van der Waals surface area (Å²) in [5.41, 5.74) is 6.22. The van der Waals surface area contributed by atoms with Crippen molar-refractivity contribution in [2.45, 2.75) is 34.6 Å². The van der Waals surface area contributed by atoms with Gasteiger partial charge in [0.15, 0.2) is 5.82 Å². The minimum atomic E-state index is 0.666. The molecule has 3 rings (SSSR count). The van der Waals surface area contributed by atoms with Crippen molar-refractivity contribution in [1.29, 1.82) is 0 Å². The molecule has 0 spiro atoms. The van der Waals surface area contributed by atoms with Crippen molar-refractivity contribution < 1.29 is 4.42 Å². The number of benzene rings is 1. The first-order valence-corrected chi connectivity index (χ1v) is 8.64. The van der Waals surface area contributed by atoms with E-state index in [1.807, 2.05) is 44.2 Å². The standard InChI is InChI=1S/C22H23N3O/c1-14-12-15(2)22(16(3)13-14)25-18(5)20-10-9-19(26-20)17(4)24-21-8-6-7-11-23-21/h6-13H,1-5H3/b24-17+,25-18?. The van der Waals surface area contributed by atoms with Crippen LogP contribution in [0.1, 0.15) is 42.1 Å². The quantitative estimate of drug-likeness (QED) is 0.554. The van der Waals surface area contributed by atoms with E-state index in [9.17, 15) is 0 Å². The highest BCUT2D eigenvalue weighted by Crippen LogP contribution is 2.26. The third-order valence-corrected chi connectivity index (χ3v) is 4.17. The van der Waals surface area contributed by atoms with Crippen molar-refractivity contribution in [3.05, 3.63) is 76.9 Å². The molecule has 26 heavy (non-hydrogen) atoms. The molecule has 0 saturated heterocycles. The van der Waals surface area contributed by atoms with E-state index in [1.165, 1.54) is 16.7 Å². The van der Waals surface area contributed by atoms with Gasteiger partial charge in [0.05, 0.1) is 17.1 Å². The Balaban J connectivity index is 1.89. The van der Waals surface area contributed by atoms with Crippen LogP contribution in [0.15, 0.2) is 63.1 Å². The molecule has 0 fully saturated rings. The average molecular weight is 345 g/mol. The zero-order valence-corrected chi connectivity index (χ0v) is 15.9. The second kappa shape index (κ2) is 7.48. The molecule has 1 aromatic carbocycles. The van der Waals surface area contributed by atoms with Crippen LogP contribution in [0, 0.1) is 20.8 Å². The highest BCUT2D eigenvalue weighted by molar-refractivity contribution is 6.01. The highest BCUT2D eigenvalue weighted by Gasteiger charge is 2.10. The molecule has 4 heteroatoms. The first-order valence-electron chi connectivity index (χ1n) is 8.64. The van der Waals surface area contributed by atoms with E-state index in [0.29, 0.717) is 5.82 Å². The Morgan fingerprint density at radius 3 is 2.04 bits per heavy atom. The lowest BCUT2D eigenvalue weighted by Gasteiger charge is -2.07. The van der Waals surface area contributed by atoms with Gasteiger partial charge >= 0.3 is 0 Å². The molecule has 2 heterocycles. The zero-order valence-electron chi connectivity index (χ0n) is 15.9. The first kappa shape index (κ1) is 17.8. The number of aromatic nitrogens is 1. The van der Waals surface area contributed by atoms with Crippen molar-refractivity contribution >= 4 is 22.9 Å². The predicted octanol–water partition coefficient (Wildman–Crippen LogP) is 5.88. The molecular weight excluding hydrogens is 322 g/mol. The maximum absolute atomic E-state index is 5.97. The van der Waals surface area contributed by atoms with Gasteiger partial charge < -0.3 is 4.42 Å². The number of aliphatic imine (C=N–C) groups is 2. The van der Waals surface area contributed by atoms with Crippen molar-refractivity contribution in [2.75, 3.05) is 0 Å². The van der Waals surface area contributed by atoms with E-state index < -0.39 is 0 Å². The minimum absolute atomic E-state index is 0.666. The van der Waals surface area contributed by atoms with Crippen molar-refractivity contribution in [2.24, 2.45) is 9.98 Å². The van der Waals surface area contributed by atoms with E-state index in [1.54, 1.807) is 6.20 Å². The van der Waals surface area contributed by atoms with Gasteiger partial charge in [-0.05, 0) is 70.0 Å². The van der Waals surface area contributed by atoms with Crippen LogP contribution in [0.5, 0.6) is 0 Å². The molecule has 0 aliphatic carbocycles. The van der Waals surface area contributed by atoms with E-state index in [-0.39, 0.29) is 0 Å². The number of aryl methyl sites for hydroxylation is 3. The fraction of sp³-hybridized carbons (Fsp3) is 0.227. The third-order valence-electron chi connectivity index (χ3n) is 4.17. The monoisotopic (exact) mass is 345 g/mol. The summed E-state index contributed by atoms with van der Waals surface area (Å²) in [6.45, 7) is 10.2. The van der Waals surface area contributed by atoms with Gasteiger partial charge in [0.1, 0.15) is 11.5 Å². The Morgan fingerprint density at radius 2 is 1.46 bits per heavy atom. The largest absolute Gasteiger partial charge is 0.454 e. The number of hydrogen-bond donors (Lipinski definition) is 0.